The molecule has 0 aliphatic carbocycles. The summed E-state index contributed by atoms with van der Waals surface area (Å²) in [5, 5.41) is 12.2. The highest BCUT2D eigenvalue weighted by Crippen LogP contribution is 2.21. The van der Waals surface area contributed by atoms with E-state index in [1.165, 1.54) is 0 Å². The van der Waals surface area contributed by atoms with Gasteiger partial charge in [0.05, 0.1) is 11.8 Å². The molecule has 2 aromatic rings. The van der Waals surface area contributed by atoms with E-state index in [-0.39, 0.29) is 12.5 Å². The van der Waals surface area contributed by atoms with Gasteiger partial charge in [0.2, 0.25) is 0 Å². The standard InChI is InChI=1S/C16H16BrNO3/c1-11(19)12-6-8-13(9-7-12)21-10-16(20)18-15-5-3-2-4-14(15)17/h2-9,11,19H,10H2,1H3,(H,18,20)/t11-/m0/s1. The zero-order valence-electron chi connectivity index (χ0n) is 11.5. The first-order valence-electron chi connectivity index (χ1n) is 6.51. The molecule has 0 bridgehead atoms. The second-order valence-corrected chi connectivity index (χ2v) is 5.42. The number of amides is 1. The molecule has 0 heterocycles. The summed E-state index contributed by atoms with van der Waals surface area (Å²) < 4.78 is 6.22. The smallest absolute Gasteiger partial charge is 0.262 e. The Morgan fingerprint density at radius 3 is 2.52 bits per heavy atom. The Morgan fingerprint density at radius 2 is 1.90 bits per heavy atom. The van der Waals surface area contributed by atoms with E-state index in [4.69, 9.17) is 4.74 Å². The van der Waals surface area contributed by atoms with E-state index in [0.717, 1.165) is 10.0 Å². The molecule has 0 fully saturated rings. The van der Waals surface area contributed by atoms with Crippen molar-refractivity contribution in [3.63, 3.8) is 0 Å². The molecule has 0 saturated carbocycles. The van der Waals surface area contributed by atoms with Crippen LogP contribution in [0.3, 0.4) is 0 Å². The number of carbonyl (C=O) groups excluding carboxylic acids is 1. The van der Waals surface area contributed by atoms with Crippen LogP contribution in [0.2, 0.25) is 0 Å². The molecule has 0 aromatic heterocycles. The van der Waals surface area contributed by atoms with Crippen LogP contribution in [0.1, 0.15) is 18.6 Å². The number of anilines is 1. The highest BCUT2D eigenvalue weighted by Gasteiger charge is 2.06. The minimum Gasteiger partial charge on any atom is -0.484 e. The highest BCUT2D eigenvalue weighted by molar-refractivity contribution is 9.10. The highest BCUT2D eigenvalue weighted by atomic mass is 79.9. The van der Waals surface area contributed by atoms with Crippen LogP contribution in [0.5, 0.6) is 5.75 Å². The van der Waals surface area contributed by atoms with Gasteiger partial charge in [-0.05, 0) is 52.7 Å². The SMILES string of the molecule is C[C@H](O)c1ccc(OCC(=O)Nc2ccccc2Br)cc1. The number of carbonyl (C=O) groups is 1. The molecule has 0 aliphatic rings. The first kappa shape index (κ1) is 15.5. The molecule has 4 nitrogen and oxygen atoms in total. The summed E-state index contributed by atoms with van der Waals surface area (Å²) in [5.74, 6) is 0.350. The molecule has 0 spiro atoms. The van der Waals surface area contributed by atoms with Crippen LogP contribution in [-0.4, -0.2) is 17.6 Å². The average molecular weight is 350 g/mol. The molecule has 2 aromatic carbocycles. The van der Waals surface area contributed by atoms with Crippen LogP contribution < -0.4 is 10.1 Å². The van der Waals surface area contributed by atoms with Crippen LogP contribution in [-0.2, 0) is 4.79 Å². The molecule has 110 valence electrons. The molecular weight excluding hydrogens is 334 g/mol. The molecule has 5 heteroatoms. The van der Waals surface area contributed by atoms with Gasteiger partial charge >= 0.3 is 0 Å². The van der Waals surface area contributed by atoms with Crippen molar-refractivity contribution in [2.75, 3.05) is 11.9 Å². The summed E-state index contributed by atoms with van der Waals surface area (Å²) in [4.78, 5) is 11.8. The second kappa shape index (κ2) is 7.24. The monoisotopic (exact) mass is 349 g/mol. The predicted octanol–water partition coefficient (Wildman–Crippen LogP) is 3.52. The Hall–Kier alpha value is -1.85. The maximum Gasteiger partial charge on any atom is 0.262 e. The lowest BCUT2D eigenvalue weighted by molar-refractivity contribution is -0.118. The summed E-state index contributed by atoms with van der Waals surface area (Å²) in [6, 6.07) is 14.4. The Labute approximate surface area is 131 Å². The number of ether oxygens (including phenoxy) is 1. The van der Waals surface area contributed by atoms with E-state index < -0.39 is 6.10 Å². The minimum atomic E-state index is -0.516. The Balaban J connectivity index is 1.88. The third kappa shape index (κ3) is 4.58. The van der Waals surface area contributed by atoms with Crippen molar-refractivity contribution in [3.05, 3.63) is 58.6 Å². The van der Waals surface area contributed by atoms with Gasteiger partial charge in [0.25, 0.3) is 5.91 Å². The molecule has 0 radical (unpaired) electrons. The summed E-state index contributed by atoms with van der Waals surface area (Å²) in [6.45, 7) is 1.62. The second-order valence-electron chi connectivity index (χ2n) is 4.56. The van der Waals surface area contributed by atoms with E-state index in [2.05, 4.69) is 21.2 Å². The van der Waals surface area contributed by atoms with Crippen molar-refractivity contribution >= 4 is 27.5 Å². The summed E-state index contributed by atoms with van der Waals surface area (Å²) in [7, 11) is 0. The van der Waals surface area contributed by atoms with Crippen molar-refractivity contribution in [2.24, 2.45) is 0 Å². The van der Waals surface area contributed by atoms with Gasteiger partial charge in [-0.25, -0.2) is 0 Å². The van der Waals surface area contributed by atoms with Crippen molar-refractivity contribution in [1.82, 2.24) is 0 Å². The van der Waals surface area contributed by atoms with Gasteiger partial charge in [-0.3, -0.25) is 4.79 Å². The van der Waals surface area contributed by atoms with Crippen molar-refractivity contribution in [1.29, 1.82) is 0 Å². The molecule has 1 amide bonds. The topological polar surface area (TPSA) is 58.6 Å². The van der Waals surface area contributed by atoms with Gasteiger partial charge in [0.1, 0.15) is 5.75 Å². The number of aliphatic hydroxyl groups is 1. The van der Waals surface area contributed by atoms with Gasteiger partial charge in [0, 0.05) is 4.47 Å². The lowest BCUT2D eigenvalue weighted by Crippen LogP contribution is -2.20. The van der Waals surface area contributed by atoms with Crippen molar-refractivity contribution in [3.8, 4) is 5.75 Å². The van der Waals surface area contributed by atoms with Crippen LogP contribution in [0.15, 0.2) is 53.0 Å². The number of benzene rings is 2. The first-order chi connectivity index (χ1) is 10.1. The largest absolute Gasteiger partial charge is 0.484 e. The quantitative estimate of drug-likeness (QED) is 0.868. The number of halogens is 1. The summed E-state index contributed by atoms with van der Waals surface area (Å²) in [6.07, 6.45) is -0.516. The molecule has 21 heavy (non-hydrogen) atoms. The van der Waals surface area contributed by atoms with Crippen molar-refractivity contribution in [2.45, 2.75) is 13.0 Å². The lowest BCUT2D eigenvalue weighted by Gasteiger charge is -2.10. The van der Waals surface area contributed by atoms with E-state index in [0.29, 0.717) is 11.4 Å². The van der Waals surface area contributed by atoms with Gasteiger partial charge in [-0.2, -0.15) is 0 Å². The molecule has 2 N–H and O–H groups in total. The van der Waals surface area contributed by atoms with E-state index in [1.54, 1.807) is 37.3 Å². The molecule has 0 unspecified atom stereocenters. The molecule has 0 saturated heterocycles. The number of aliphatic hydroxyl groups excluding tert-OH is 1. The Bertz CT molecular complexity index is 611. The average Bonchev–Trinajstić information content (AvgIpc) is 2.48. The zero-order valence-corrected chi connectivity index (χ0v) is 13.1. The van der Waals surface area contributed by atoms with Gasteiger partial charge in [-0.1, -0.05) is 24.3 Å². The van der Waals surface area contributed by atoms with E-state index in [1.807, 2.05) is 18.2 Å². The lowest BCUT2D eigenvalue weighted by atomic mass is 10.1. The van der Waals surface area contributed by atoms with Crippen LogP contribution in [0.4, 0.5) is 5.69 Å². The first-order valence-corrected chi connectivity index (χ1v) is 7.31. The van der Waals surface area contributed by atoms with Crippen LogP contribution in [0, 0.1) is 0 Å². The van der Waals surface area contributed by atoms with E-state index in [9.17, 15) is 9.90 Å². The predicted molar refractivity (Wildman–Crippen MR) is 85.3 cm³/mol. The third-order valence-corrected chi connectivity index (χ3v) is 3.57. The maximum atomic E-state index is 11.8. The van der Waals surface area contributed by atoms with Gasteiger partial charge in [-0.15, -0.1) is 0 Å². The molecule has 1 atom stereocenters. The number of hydrogen-bond acceptors (Lipinski definition) is 3. The fourth-order valence-electron chi connectivity index (χ4n) is 1.74. The number of nitrogens with one attached hydrogen (secondary N) is 1. The molecule has 2 rings (SSSR count). The summed E-state index contributed by atoms with van der Waals surface area (Å²) >= 11 is 3.36. The van der Waals surface area contributed by atoms with Crippen molar-refractivity contribution < 1.29 is 14.6 Å². The van der Waals surface area contributed by atoms with Gasteiger partial charge < -0.3 is 15.2 Å². The summed E-state index contributed by atoms with van der Waals surface area (Å²) in [5.41, 5.74) is 1.51. The van der Waals surface area contributed by atoms with Gasteiger partial charge in [0.15, 0.2) is 6.61 Å². The zero-order chi connectivity index (χ0) is 15.2. The fraction of sp³-hybridized carbons (Fsp3) is 0.188. The fourth-order valence-corrected chi connectivity index (χ4v) is 2.12. The third-order valence-electron chi connectivity index (χ3n) is 2.88. The Morgan fingerprint density at radius 1 is 1.24 bits per heavy atom. The number of para-hydroxylation sites is 1. The molecular formula is C16H16BrNO3. The van der Waals surface area contributed by atoms with Crippen LogP contribution in [0.25, 0.3) is 0 Å². The molecule has 0 aliphatic heterocycles. The van der Waals surface area contributed by atoms with Crippen LogP contribution >= 0.6 is 15.9 Å². The minimum absolute atomic E-state index is 0.0740. The van der Waals surface area contributed by atoms with E-state index >= 15 is 0 Å². The number of rotatable bonds is 5. The maximum absolute atomic E-state index is 11.8. The number of hydrogen-bond donors (Lipinski definition) is 2. The Kier molecular flexibility index (Phi) is 5.36. The normalized spacial score (nSPS) is 11.8.